The smallest absolute Gasteiger partial charge is 0.216 e. The van der Waals surface area contributed by atoms with Gasteiger partial charge in [0.05, 0.1) is 0 Å². The summed E-state index contributed by atoms with van der Waals surface area (Å²) >= 11 is 0. The van der Waals surface area contributed by atoms with Crippen LogP contribution < -0.4 is 0 Å². The van der Waals surface area contributed by atoms with Gasteiger partial charge in [-0.05, 0) is 24.8 Å². The van der Waals surface area contributed by atoms with E-state index in [1.165, 1.54) is 25.5 Å². The topological polar surface area (TPSA) is 12.9 Å². The summed E-state index contributed by atoms with van der Waals surface area (Å²) in [7, 11) is 0. The molecule has 0 amide bonds. The van der Waals surface area contributed by atoms with Gasteiger partial charge in [-0.2, -0.15) is 4.39 Å². The molecule has 2 rings (SSSR count). The summed E-state index contributed by atoms with van der Waals surface area (Å²) in [4.78, 5) is 3.69. The fraction of sp³-hybridized carbons (Fsp3) is 0.545. The van der Waals surface area contributed by atoms with E-state index in [0.29, 0.717) is 5.92 Å². The van der Waals surface area contributed by atoms with Crippen LogP contribution >= 0.6 is 0 Å². The van der Waals surface area contributed by atoms with Crippen LogP contribution in [0.2, 0.25) is 0 Å². The second-order valence-electron chi connectivity index (χ2n) is 3.72. The van der Waals surface area contributed by atoms with E-state index in [-0.39, 0.29) is 5.95 Å². The van der Waals surface area contributed by atoms with Crippen molar-refractivity contribution >= 4 is 0 Å². The molecular formula is C11H14FN. The first-order valence-electron chi connectivity index (χ1n) is 4.98. The predicted octanol–water partition coefficient (Wildman–Crippen LogP) is 3.27. The van der Waals surface area contributed by atoms with Gasteiger partial charge in [0.2, 0.25) is 5.95 Å². The maximum absolute atomic E-state index is 13.3. The lowest BCUT2D eigenvalue weighted by Crippen LogP contribution is -2.07. The van der Waals surface area contributed by atoms with Crippen molar-refractivity contribution in [1.82, 2.24) is 4.98 Å². The molecule has 1 nitrogen and oxygen atoms in total. The summed E-state index contributed by atoms with van der Waals surface area (Å²) in [6, 6.07) is 3.70. The van der Waals surface area contributed by atoms with Crippen molar-refractivity contribution in [1.29, 1.82) is 0 Å². The Hall–Kier alpha value is -0.920. The standard InChI is InChI=1S/C11H14FN/c12-11-10(7-4-8-13-11)9-5-2-1-3-6-9/h4,7-9H,1-3,5-6H2. The lowest BCUT2D eigenvalue weighted by Gasteiger charge is -2.21. The zero-order valence-electron chi connectivity index (χ0n) is 7.67. The minimum Gasteiger partial charge on any atom is -0.228 e. The lowest BCUT2D eigenvalue weighted by molar-refractivity contribution is 0.424. The highest BCUT2D eigenvalue weighted by molar-refractivity contribution is 5.16. The molecule has 2 heteroatoms. The minimum atomic E-state index is -0.269. The lowest BCUT2D eigenvalue weighted by atomic mass is 9.85. The highest BCUT2D eigenvalue weighted by atomic mass is 19.1. The van der Waals surface area contributed by atoms with Crippen molar-refractivity contribution < 1.29 is 4.39 Å². The van der Waals surface area contributed by atoms with Crippen LogP contribution in [0.4, 0.5) is 4.39 Å². The number of hydrogen-bond acceptors (Lipinski definition) is 1. The molecule has 0 N–H and O–H groups in total. The number of halogens is 1. The molecule has 1 heterocycles. The van der Waals surface area contributed by atoms with E-state index in [2.05, 4.69) is 4.98 Å². The Morgan fingerprint density at radius 2 is 2.00 bits per heavy atom. The summed E-state index contributed by atoms with van der Waals surface area (Å²) in [5.41, 5.74) is 0.821. The molecule has 1 aromatic heterocycles. The Morgan fingerprint density at radius 1 is 1.23 bits per heavy atom. The molecule has 1 aromatic rings. The molecule has 0 aromatic carbocycles. The summed E-state index contributed by atoms with van der Waals surface area (Å²) in [6.45, 7) is 0. The third kappa shape index (κ3) is 1.87. The molecule has 1 aliphatic rings. The quantitative estimate of drug-likeness (QED) is 0.603. The number of nitrogens with zero attached hydrogens (tertiary/aromatic N) is 1. The minimum absolute atomic E-state index is 0.269. The Kier molecular flexibility index (Phi) is 2.57. The van der Waals surface area contributed by atoms with Gasteiger partial charge in [-0.3, -0.25) is 0 Å². The maximum Gasteiger partial charge on any atom is 0.216 e. The van der Waals surface area contributed by atoms with Crippen LogP contribution in [-0.4, -0.2) is 4.98 Å². The van der Waals surface area contributed by atoms with Crippen LogP contribution in [0.1, 0.15) is 43.6 Å². The largest absolute Gasteiger partial charge is 0.228 e. The third-order valence-electron chi connectivity index (χ3n) is 2.83. The molecule has 0 spiro atoms. The Bertz CT molecular complexity index is 279. The van der Waals surface area contributed by atoms with Crippen molar-refractivity contribution in [2.45, 2.75) is 38.0 Å². The molecule has 70 valence electrons. The van der Waals surface area contributed by atoms with Crippen molar-refractivity contribution in [2.75, 3.05) is 0 Å². The molecule has 0 aliphatic heterocycles. The second kappa shape index (κ2) is 3.86. The van der Waals surface area contributed by atoms with Crippen molar-refractivity contribution in [3.63, 3.8) is 0 Å². The van der Waals surface area contributed by atoms with Gasteiger partial charge in [0.1, 0.15) is 0 Å². The molecule has 0 bridgehead atoms. The molecule has 13 heavy (non-hydrogen) atoms. The molecule has 0 saturated heterocycles. The van der Waals surface area contributed by atoms with Gasteiger partial charge in [0, 0.05) is 11.8 Å². The van der Waals surface area contributed by atoms with Crippen LogP contribution in [-0.2, 0) is 0 Å². The molecule has 0 atom stereocenters. The zero-order valence-corrected chi connectivity index (χ0v) is 7.67. The van der Waals surface area contributed by atoms with Crippen LogP contribution in [0.25, 0.3) is 0 Å². The van der Waals surface area contributed by atoms with Crippen LogP contribution in [0.15, 0.2) is 18.3 Å². The summed E-state index contributed by atoms with van der Waals surface area (Å²) in [5, 5.41) is 0. The fourth-order valence-corrected chi connectivity index (χ4v) is 2.12. The van der Waals surface area contributed by atoms with E-state index in [1.54, 1.807) is 0 Å². The van der Waals surface area contributed by atoms with E-state index in [9.17, 15) is 4.39 Å². The average Bonchev–Trinajstić information content (AvgIpc) is 2.20. The van der Waals surface area contributed by atoms with Crippen LogP contribution in [0, 0.1) is 5.95 Å². The Labute approximate surface area is 78.0 Å². The number of pyridine rings is 1. The molecule has 0 radical (unpaired) electrons. The Morgan fingerprint density at radius 3 is 2.69 bits per heavy atom. The highest BCUT2D eigenvalue weighted by Gasteiger charge is 2.18. The van der Waals surface area contributed by atoms with Gasteiger partial charge in [0.15, 0.2) is 0 Å². The van der Waals surface area contributed by atoms with Gasteiger partial charge in [0.25, 0.3) is 0 Å². The highest BCUT2D eigenvalue weighted by Crippen LogP contribution is 2.33. The normalized spacial score (nSPS) is 18.8. The molecule has 1 saturated carbocycles. The van der Waals surface area contributed by atoms with Crippen molar-refractivity contribution in [2.24, 2.45) is 0 Å². The second-order valence-corrected chi connectivity index (χ2v) is 3.72. The van der Waals surface area contributed by atoms with Crippen LogP contribution in [0.5, 0.6) is 0 Å². The van der Waals surface area contributed by atoms with E-state index in [4.69, 9.17) is 0 Å². The predicted molar refractivity (Wildman–Crippen MR) is 50.0 cm³/mol. The number of hydrogen-bond donors (Lipinski definition) is 0. The molecular weight excluding hydrogens is 165 g/mol. The third-order valence-corrected chi connectivity index (χ3v) is 2.83. The first-order valence-corrected chi connectivity index (χ1v) is 4.98. The van der Waals surface area contributed by atoms with Crippen molar-refractivity contribution in [3.05, 3.63) is 29.8 Å². The van der Waals surface area contributed by atoms with Gasteiger partial charge >= 0.3 is 0 Å². The fourth-order valence-electron chi connectivity index (χ4n) is 2.12. The zero-order chi connectivity index (χ0) is 9.10. The number of rotatable bonds is 1. The van der Waals surface area contributed by atoms with Gasteiger partial charge in [-0.15, -0.1) is 0 Å². The number of aromatic nitrogens is 1. The summed E-state index contributed by atoms with van der Waals surface area (Å²) in [6.07, 6.45) is 7.54. The SMILES string of the molecule is Fc1ncccc1C1CCCCC1. The first kappa shape index (κ1) is 8.67. The summed E-state index contributed by atoms with van der Waals surface area (Å²) < 4.78 is 13.3. The summed E-state index contributed by atoms with van der Waals surface area (Å²) in [5.74, 6) is 0.150. The molecule has 1 fully saturated rings. The van der Waals surface area contributed by atoms with Crippen LogP contribution in [0.3, 0.4) is 0 Å². The monoisotopic (exact) mass is 179 g/mol. The molecule has 0 unspecified atom stereocenters. The van der Waals surface area contributed by atoms with Gasteiger partial charge in [-0.25, -0.2) is 4.98 Å². The van der Waals surface area contributed by atoms with E-state index in [0.717, 1.165) is 18.4 Å². The Balaban J connectivity index is 2.18. The van der Waals surface area contributed by atoms with Gasteiger partial charge < -0.3 is 0 Å². The average molecular weight is 179 g/mol. The van der Waals surface area contributed by atoms with E-state index >= 15 is 0 Å². The van der Waals surface area contributed by atoms with Gasteiger partial charge in [-0.1, -0.05) is 25.3 Å². The molecule has 1 aliphatic carbocycles. The van der Waals surface area contributed by atoms with Crippen molar-refractivity contribution in [3.8, 4) is 0 Å². The maximum atomic E-state index is 13.3. The van der Waals surface area contributed by atoms with E-state index in [1.807, 2.05) is 12.1 Å². The first-order chi connectivity index (χ1) is 6.38. The van der Waals surface area contributed by atoms with E-state index < -0.39 is 0 Å².